The van der Waals surface area contributed by atoms with E-state index in [1.54, 1.807) is 11.6 Å². The lowest BCUT2D eigenvalue weighted by Crippen LogP contribution is -2.29. The maximum Gasteiger partial charge on any atom is 0.516 e. The molecule has 31 heavy (non-hydrogen) atoms. The molecule has 1 aromatic carbocycles. The first-order chi connectivity index (χ1) is 14.0. The topological polar surface area (TPSA) is 72.0 Å². The zero-order valence-corrected chi connectivity index (χ0v) is 19.5. The summed E-state index contributed by atoms with van der Waals surface area (Å²) in [6, 6.07) is 7.57. The molecule has 12 heteroatoms. The highest BCUT2D eigenvalue weighted by molar-refractivity contribution is 7.93. The van der Waals surface area contributed by atoms with Gasteiger partial charge in [0, 0.05) is 28.4 Å². The predicted molar refractivity (Wildman–Crippen MR) is 120 cm³/mol. The fourth-order valence-corrected chi connectivity index (χ4v) is 4.32. The van der Waals surface area contributed by atoms with Crippen LogP contribution in [0.1, 0.15) is 19.5 Å². The highest BCUT2D eigenvalue weighted by Gasteiger charge is 2.46. The van der Waals surface area contributed by atoms with E-state index in [0.29, 0.717) is 17.2 Å². The van der Waals surface area contributed by atoms with Crippen LogP contribution in [-0.2, 0) is 16.4 Å². The van der Waals surface area contributed by atoms with E-state index in [0.717, 1.165) is 28.8 Å². The molecule has 2 aromatic heterocycles. The smallest absolute Gasteiger partial charge is 0.276 e. The van der Waals surface area contributed by atoms with Gasteiger partial charge in [0.2, 0.25) is 0 Å². The Hall–Kier alpha value is -1.88. The van der Waals surface area contributed by atoms with Crippen LogP contribution < -0.4 is 4.72 Å². The molecule has 3 aromatic rings. The van der Waals surface area contributed by atoms with Crippen molar-refractivity contribution in [3.05, 3.63) is 52.6 Å². The van der Waals surface area contributed by atoms with Crippen LogP contribution in [0.2, 0.25) is 5.02 Å². The van der Waals surface area contributed by atoms with Crippen molar-refractivity contribution in [3.8, 4) is 21.8 Å². The second-order valence-electron chi connectivity index (χ2n) is 6.92. The van der Waals surface area contributed by atoms with E-state index in [9.17, 15) is 21.6 Å². The third-order valence-corrected chi connectivity index (χ3v) is 6.30. The molecule has 0 aliphatic heterocycles. The van der Waals surface area contributed by atoms with Crippen molar-refractivity contribution >= 4 is 51.1 Å². The molecule has 0 aliphatic rings. The highest BCUT2D eigenvalue weighted by Crippen LogP contribution is 2.35. The van der Waals surface area contributed by atoms with E-state index in [2.05, 4.69) is 23.8 Å². The average molecular weight is 512 g/mol. The number of alkyl halides is 3. The number of sulfonamides is 1. The summed E-state index contributed by atoms with van der Waals surface area (Å²) in [5.74, 6) is 0.465. The molecule has 0 radical (unpaired) electrons. The number of hydrogen-bond donors (Lipinski definition) is 1. The minimum Gasteiger partial charge on any atom is -0.276 e. The predicted octanol–water partition coefficient (Wildman–Crippen LogP) is 6.41. The van der Waals surface area contributed by atoms with Gasteiger partial charge in [-0.05, 0) is 42.7 Å². The van der Waals surface area contributed by atoms with Gasteiger partial charge in [0.15, 0.2) is 0 Å². The molecule has 0 spiro atoms. The summed E-state index contributed by atoms with van der Waals surface area (Å²) in [6.45, 7) is 4.21. The Morgan fingerprint density at radius 3 is 2.52 bits per heavy atom. The third kappa shape index (κ3) is 6.09. The molecule has 5 nitrogen and oxygen atoms in total. The molecule has 0 amide bonds. The van der Waals surface area contributed by atoms with Crippen molar-refractivity contribution in [1.82, 2.24) is 9.97 Å². The van der Waals surface area contributed by atoms with Gasteiger partial charge < -0.3 is 0 Å². The van der Waals surface area contributed by atoms with Crippen molar-refractivity contribution in [2.45, 2.75) is 25.8 Å². The van der Waals surface area contributed by atoms with Crippen molar-refractivity contribution < 1.29 is 21.6 Å². The van der Waals surface area contributed by atoms with E-state index < -0.39 is 15.5 Å². The Morgan fingerprint density at radius 1 is 1.19 bits per heavy atom. The number of benzene rings is 1. The van der Waals surface area contributed by atoms with Crippen LogP contribution in [0, 0.1) is 5.92 Å². The molecule has 2 heterocycles. The first kappa shape index (κ1) is 25.4. The molecule has 0 bridgehead atoms. The zero-order chi connectivity index (χ0) is 22.1. The lowest BCUT2D eigenvalue weighted by Gasteiger charge is -2.11. The number of pyridine rings is 1. The summed E-state index contributed by atoms with van der Waals surface area (Å²) in [5, 5.41) is 2.60. The average Bonchev–Trinajstić information content (AvgIpc) is 3.10. The quantitative estimate of drug-likeness (QED) is 0.415. The summed E-state index contributed by atoms with van der Waals surface area (Å²) in [5.41, 5.74) is -2.83. The monoisotopic (exact) mass is 511 g/mol. The number of nitrogens with one attached hydrogen (secondary N) is 1. The van der Waals surface area contributed by atoms with E-state index in [-0.39, 0.29) is 23.1 Å². The molecule has 0 fully saturated rings. The van der Waals surface area contributed by atoms with E-state index >= 15 is 0 Å². The van der Waals surface area contributed by atoms with Gasteiger partial charge in [-0.1, -0.05) is 25.4 Å². The summed E-state index contributed by atoms with van der Waals surface area (Å²) >= 11 is 7.58. The number of thiazole rings is 1. The summed E-state index contributed by atoms with van der Waals surface area (Å²) in [7, 11) is -5.52. The molecule has 0 aliphatic carbocycles. The number of hydrogen-bond acceptors (Lipinski definition) is 5. The number of rotatable bonds is 6. The van der Waals surface area contributed by atoms with Gasteiger partial charge in [-0.3, -0.25) is 9.71 Å². The van der Waals surface area contributed by atoms with Crippen LogP contribution in [0.5, 0.6) is 0 Å². The zero-order valence-electron chi connectivity index (χ0n) is 16.3. The Balaban J connectivity index is 0.00000341. The summed E-state index contributed by atoms with van der Waals surface area (Å²) in [6.07, 6.45) is 2.57. The summed E-state index contributed by atoms with van der Waals surface area (Å²) in [4.78, 5) is 8.92. The SMILES string of the molecule is CC(C)Cc1cc(-c2nc(-c3ccc(NS(=O)(=O)C(F)(F)F)cc3Cl)cs2)ccn1.Cl. The van der Waals surface area contributed by atoms with E-state index in [4.69, 9.17) is 11.6 Å². The Bertz CT molecular complexity index is 1170. The lowest BCUT2D eigenvalue weighted by molar-refractivity contribution is -0.0429. The van der Waals surface area contributed by atoms with Gasteiger partial charge in [-0.2, -0.15) is 21.6 Å². The molecule has 0 unspecified atom stereocenters. The fraction of sp³-hybridized carbons (Fsp3) is 0.263. The van der Waals surface area contributed by atoms with Crippen molar-refractivity contribution in [2.24, 2.45) is 5.92 Å². The number of aromatic nitrogens is 2. The normalized spacial score (nSPS) is 12.0. The highest BCUT2D eigenvalue weighted by atomic mass is 35.5. The molecule has 1 N–H and O–H groups in total. The molecule has 168 valence electrons. The number of nitrogens with zero attached hydrogens (tertiary/aromatic N) is 2. The molecule has 0 saturated carbocycles. The van der Waals surface area contributed by atoms with Crippen LogP contribution in [0.3, 0.4) is 0 Å². The maximum absolute atomic E-state index is 12.5. The Kier molecular flexibility index (Phi) is 7.96. The number of halogens is 5. The minimum atomic E-state index is -5.52. The lowest BCUT2D eigenvalue weighted by atomic mass is 10.1. The van der Waals surface area contributed by atoms with Crippen LogP contribution in [0.4, 0.5) is 18.9 Å². The minimum absolute atomic E-state index is 0. The van der Waals surface area contributed by atoms with Crippen LogP contribution in [-0.4, -0.2) is 23.9 Å². The van der Waals surface area contributed by atoms with Gasteiger partial charge in [0.1, 0.15) is 5.01 Å². The second kappa shape index (κ2) is 9.72. The van der Waals surface area contributed by atoms with Crippen molar-refractivity contribution in [2.75, 3.05) is 4.72 Å². The van der Waals surface area contributed by atoms with Crippen LogP contribution in [0.25, 0.3) is 21.8 Å². The van der Waals surface area contributed by atoms with Crippen molar-refractivity contribution in [1.29, 1.82) is 0 Å². The molecule has 0 saturated heterocycles. The summed E-state index contributed by atoms with van der Waals surface area (Å²) < 4.78 is 61.6. The van der Waals surface area contributed by atoms with Gasteiger partial charge >= 0.3 is 15.5 Å². The molecular formula is C19H18Cl2F3N3O2S2. The van der Waals surface area contributed by atoms with Crippen LogP contribution in [0.15, 0.2) is 41.9 Å². The molecule has 3 rings (SSSR count). The fourth-order valence-electron chi connectivity index (χ4n) is 2.67. The van der Waals surface area contributed by atoms with Gasteiger partial charge in [-0.15, -0.1) is 23.7 Å². The molecular weight excluding hydrogens is 494 g/mol. The first-order valence-corrected chi connectivity index (χ1v) is 11.5. The number of anilines is 1. The van der Waals surface area contributed by atoms with E-state index in [1.807, 2.05) is 12.1 Å². The van der Waals surface area contributed by atoms with Gasteiger partial charge in [-0.25, -0.2) is 4.98 Å². The second-order valence-corrected chi connectivity index (χ2v) is 9.86. The third-order valence-electron chi connectivity index (χ3n) is 3.99. The van der Waals surface area contributed by atoms with Crippen molar-refractivity contribution in [3.63, 3.8) is 0 Å². The first-order valence-electron chi connectivity index (χ1n) is 8.76. The largest absolute Gasteiger partial charge is 0.516 e. The maximum atomic E-state index is 12.5. The van der Waals surface area contributed by atoms with E-state index in [1.165, 1.54) is 28.2 Å². The standard InChI is InChI=1S/C19H17ClF3N3O2S2.ClH/c1-11(2)7-14-8-12(5-6-24-14)18-25-17(10-29-18)15-4-3-13(9-16(15)20)26-30(27,28)19(21,22)23;/h3-6,8-11,26H,7H2,1-2H3;1H. The van der Waals surface area contributed by atoms with Gasteiger partial charge in [0.25, 0.3) is 0 Å². The van der Waals surface area contributed by atoms with Crippen LogP contribution >= 0.6 is 35.3 Å². The van der Waals surface area contributed by atoms with Gasteiger partial charge in [0.05, 0.1) is 16.4 Å². The Labute approximate surface area is 193 Å². The Morgan fingerprint density at radius 2 is 1.90 bits per heavy atom. The molecule has 0 atom stereocenters.